The lowest BCUT2D eigenvalue weighted by molar-refractivity contribution is -0.107. The van der Waals surface area contributed by atoms with Crippen LogP contribution < -0.4 is 20.3 Å². The summed E-state index contributed by atoms with van der Waals surface area (Å²) in [4.78, 5) is 19.2. The molecule has 2 rings (SSSR count). The van der Waals surface area contributed by atoms with E-state index in [9.17, 15) is 4.79 Å². The summed E-state index contributed by atoms with van der Waals surface area (Å²) in [6.07, 6.45) is 12.5. The normalized spacial score (nSPS) is 11.7. The zero-order valence-electron chi connectivity index (χ0n) is 19.8. The second kappa shape index (κ2) is 16.4. The number of nitrogens with zero attached hydrogens (tertiary/aromatic N) is 2. The van der Waals surface area contributed by atoms with Gasteiger partial charge in [0.25, 0.3) is 0 Å². The molecule has 1 aromatic heterocycles. The minimum atomic E-state index is -0.00330. The highest BCUT2D eigenvalue weighted by Crippen LogP contribution is 2.34. The van der Waals surface area contributed by atoms with Gasteiger partial charge in [-0.25, -0.2) is 15.4 Å². The van der Waals surface area contributed by atoms with Crippen molar-refractivity contribution < 1.29 is 19.5 Å². The minimum absolute atomic E-state index is 0.00330. The number of aromatic nitrogens is 2. The number of ether oxygens (including phenoxy) is 2. The van der Waals surface area contributed by atoms with Crippen molar-refractivity contribution in [3.63, 3.8) is 0 Å². The molecule has 8 nitrogen and oxygen atoms in total. The van der Waals surface area contributed by atoms with E-state index in [1.165, 1.54) is 13.4 Å². The standard InChI is InChI=1S/C24H31N3O3.CH5NO/c1-5-12-19(6-2)18(3)27-24-20-15-23(30-14-11-9-7-8-10-13-28)22(29-4)16-21(20)25-17-26-24;1-2-3/h5-6,12-13,15-18H,1-2,7-11,14H2,3-4H3,(H,25,26,27);2-3H,1H3/b19-12+;. The Morgan fingerprint density at radius 3 is 2.55 bits per heavy atom. The van der Waals surface area contributed by atoms with Crippen LogP contribution in [0.5, 0.6) is 11.5 Å². The summed E-state index contributed by atoms with van der Waals surface area (Å²) in [7, 11) is 3.05. The third-order valence-corrected chi connectivity index (χ3v) is 4.79. The number of rotatable bonds is 14. The van der Waals surface area contributed by atoms with Gasteiger partial charge in [0.15, 0.2) is 11.5 Å². The molecule has 0 bridgehead atoms. The largest absolute Gasteiger partial charge is 0.493 e. The topological polar surface area (TPSA) is 106 Å². The molecule has 1 heterocycles. The zero-order chi connectivity index (χ0) is 24.5. The second-order valence-corrected chi connectivity index (χ2v) is 7.16. The Bertz CT molecular complexity index is 915. The fourth-order valence-corrected chi connectivity index (χ4v) is 3.13. The van der Waals surface area contributed by atoms with E-state index in [0.717, 1.165) is 48.4 Å². The number of carbonyl (C=O) groups excluding carboxylic acids is 1. The first-order valence-electron chi connectivity index (χ1n) is 11.0. The maximum atomic E-state index is 10.4. The third kappa shape index (κ3) is 9.43. The number of carbonyl (C=O) groups is 1. The van der Waals surface area contributed by atoms with Gasteiger partial charge in [-0.05, 0) is 31.4 Å². The number of hydrogen-bond donors (Lipinski definition) is 3. The fraction of sp³-hybridized carbons (Fsp3) is 0.400. The first-order chi connectivity index (χ1) is 16.1. The number of benzene rings is 1. The number of methoxy groups -OCH3 is 1. The Labute approximate surface area is 196 Å². The second-order valence-electron chi connectivity index (χ2n) is 7.16. The van der Waals surface area contributed by atoms with E-state index in [-0.39, 0.29) is 6.04 Å². The number of anilines is 1. The summed E-state index contributed by atoms with van der Waals surface area (Å²) >= 11 is 0. The molecule has 2 aromatic rings. The van der Waals surface area contributed by atoms with E-state index in [1.54, 1.807) is 24.7 Å². The van der Waals surface area contributed by atoms with Gasteiger partial charge < -0.3 is 24.8 Å². The number of allylic oxidation sites excluding steroid dienone is 2. The molecule has 0 aliphatic rings. The molecule has 180 valence electrons. The number of fused-ring (bicyclic) bond motifs is 1. The van der Waals surface area contributed by atoms with Crippen LogP contribution in [0.25, 0.3) is 10.9 Å². The van der Waals surface area contributed by atoms with Gasteiger partial charge in [-0.2, -0.15) is 0 Å². The fourth-order valence-electron chi connectivity index (χ4n) is 3.13. The Hall–Kier alpha value is -3.23. The maximum Gasteiger partial charge on any atom is 0.162 e. The maximum absolute atomic E-state index is 10.4. The first-order valence-corrected chi connectivity index (χ1v) is 11.0. The van der Waals surface area contributed by atoms with Crippen molar-refractivity contribution in [3.8, 4) is 11.5 Å². The van der Waals surface area contributed by atoms with E-state index in [0.29, 0.717) is 30.3 Å². The number of aldehydes is 1. The van der Waals surface area contributed by atoms with Crippen molar-refractivity contribution in [1.29, 1.82) is 0 Å². The summed E-state index contributed by atoms with van der Waals surface area (Å²) in [5, 5.41) is 11.6. The predicted octanol–water partition coefficient (Wildman–Crippen LogP) is 4.86. The smallest absolute Gasteiger partial charge is 0.162 e. The van der Waals surface area contributed by atoms with Crippen molar-refractivity contribution in [2.75, 3.05) is 26.1 Å². The molecular weight excluding hydrogens is 420 g/mol. The van der Waals surface area contributed by atoms with Gasteiger partial charge in [0.2, 0.25) is 0 Å². The quantitative estimate of drug-likeness (QED) is 0.160. The van der Waals surface area contributed by atoms with E-state index in [2.05, 4.69) is 28.4 Å². The lowest BCUT2D eigenvalue weighted by Gasteiger charge is -2.18. The van der Waals surface area contributed by atoms with Crippen LogP contribution in [0, 0.1) is 0 Å². The molecule has 1 unspecified atom stereocenters. The Morgan fingerprint density at radius 1 is 1.18 bits per heavy atom. The van der Waals surface area contributed by atoms with E-state index < -0.39 is 0 Å². The van der Waals surface area contributed by atoms with Crippen molar-refractivity contribution in [1.82, 2.24) is 15.4 Å². The molecule has 1 aromatic carbocycles. The number of hydrogen-bond acceptors (Lipinski definition) is 8. The van der Waals surface area contributed by atoms with Gasteiger partial charge in [-0.1, -0.05) is 44.2 Å². The van der Waals surface area contributed by atoms with Crippen LogP contribution in [-0.2, 0) is 4.79 Å². The molecule has 0 amide bonds. The van der Waals surface area contributed by atoms with Crippen LogP contribution in [0.1, 0.15) is 39.0 Å². The van der Waals surface area contributed by atoms with Gasteiger partial charge in [0.1, 0.15) is 18.4 Å². The van der Waals surface area contributed by atoms with Gasteiger partial charge in [0, 0.05) is 31.0 Å². The number of nitrogens with one attached hydrogen (secondary N) is 2. The zero-order valence-corrected chi connectivity index (χ0v) is 19.8. The summed E-state index contributed by atoms with van der Waals surface area (Å²) < 4.78 is 11.5. The molecule has 0 saturated heterocycles. The third-order valence-electron chi connectivity index (χ3n) is 4.79. The number of hydroxylamine groups is 1. The SMILES string of the molecule is C=C/C=C(\C=C)C(C)Nc1ncnc2cc(OC)c(OCCCCCCC=O)cc12.CNO. The highest BCUT2D eigenvalue weighted by atomic mass is 16.5. The van der Waals surface area contributed by atoms with Crippen molar-refractivity contribution in [2.45, 2.75) is 45.1 Å². The predicted molar refractivity (Wildman–Crippen MR) is 133 cm³/mol. The Balaban J connectivity index is 0.00000172. The monoisotopic (exact) mass is 456 g/mol. The van der Waals surface area contributed by atoms with Crippen LogP contribution in [-0.4, -0.2) is 48.3 Å². The molecule has 0 aliphatic carbocycles. The summed E-state index contributed by atoms with van der Waals surface area (Å²) in [5.74, 6) is 2.01. The van der Waals surface area contributed by atoms with Crippen LogP contribution >= 0.6 is 0 Å². The summed E-state index contributed by atoms with van der Waals surface area (Å²) in [5.41, 5.74) is 3.53. The highest BCUT2D eigenvalue weighted by molar-refractivity contribution is 5.91. The molecular formula is C25H36N4O4. The lowest BCUT2D eigenvalue weighted by Crippen LogP contribution is -2.18. The van der Waals surface area contributed by atoms with Crippen molar-refractivity contribution >= 4 is 23.0 Å². The Morgan fingerprint density at radius 2 is 1.91 bits per heavy atom. The van der Waals surface area contributed by atoms with Crippen molar-refractivity contribution in [3.05, 3.63) is 55.4 Å². The Kier molecular flexibility index (Phi) is 13.8. The average molecular weight is 457 g/mol. The average Bonchev–Trinajstić information content (AvgIpc) is 2.82. The van der Waals surface area contributed by atoms with Crippen LogP contribution in [0.15, 0.2) is 55.4 Å². The van der Waals surface area contributed by atoms with E-state index in [1.807, 2.05) is 25.1 Å². The van der Waals surface area contributed by atoms with Crippen LogP contribution in [0.3, 0.4) is 0 Å². The molecule has 0 aliphatic heterocycles. The molecule has 0 radical (unpaired) electrons. The van der Waals surface area contributed by atoms with Gasteiger partial charge in [0.05, 0.1) is 19.2 Å². The lowest BCUT2D eigenvalue weighted by atomic mass is 10.1. The number of unbranched alkanes of at least 4 members (excludes halogenated alkanes) is 4. The summed E-state index contributed by atoms with van der Waals surface area (Å²) in [6, 6.07) is 3.78. The van der Waals surface area contributed by atoms with E-state index >= 15 is 0 Å². The van der Waals surface area contributed by atoms with Crippen LogP contribution in [0.4, 0.5) is 5.82 Å². The molecule has 0 fully saturated rings. The van der Waals surface area contributed by atoms with Gasteiger partial charge >= 0.3 is 0 Å². The summed E-state index contributed by atoms with van der Waals surface area (Å²) in [6.45, 7) is 10.2. The molecule has 1 atom stereocenters. The molecule has 3 N–H and O–H groups in total. The molecule has 0 saturated carbocycles. The van der Waals surface area contributed by atoms with Crippen LogP contribution in [0.2, 0.25) is 0 Å². The molecule has 33 heavy (non-hydrogen) atoms. The molecule has 0 spiro atoms. The van der Waals surface area contributed by atoms with Gasteiger partial charge in [-0.15, -0.1) is 0 Å². The van der Waals surface area contributed by atoms with Gasteiger partial charge in [-0.3, -0.25) is 0 Å². The minimum Gasteiger partial charge on any atom is -0.493 e. The first kappa shape index (κ1) is 27.8. The highest BCUT2D eigenvalue weighted by Gasteiger charge is 2.14. The molecule has 8 heteroatoms. The van der Waals surface area contributed by atoms with E-state index in [4.69, 9.17) is 14.7 Å². The van der Waals surface area contributed by atoms with Crippen molar-refractivity contribution in [2.24, 2.45) is 0 Å².